The van der Waals surface area contributed by atoms with E-state index in [1.807, 2.05) is 0 Å². The fourth-order valence-corrected chi connectivity index (χ4v) is 0.642. The number of Topliss-reactive ketones (excluding diaryl/α,β-unsaturated/α-hetero) is 1. The van der Waals surface area contributed by atoms with E-state index in [9.17, 15) is 9.59 Å². The normalized spacial score (nSPS) is 12.7. The second-order valence-corrected chi connectivity index (χ2v) is 2.83. The Morgan fingerprint density at radius 2 is 2.00 bits per heavy atom. The van der Waals surface area contributed by atoms with Gasteiger partial charge in [-0.1, -0.05) is 6.92 Å². The molecule has 0 aliphatic carbocycles. The number of carbonyl (C=O) groups excluding carboxylic acids is 2. The first-order valence-corrected chi connectivity index (χ1v) is 3.60. The summed E-state index contributed by atoms with van der Waals surface area (Å²) in [6.07, 6.45) is 0.861. The van der Waals surface area contributed by atoms with Gasteiger partial charge in [-0.05, 0) is 24.9 Å². The van der Waals surface area contributed by atoms with Gasteiger partial charge in [0.25, 0.3) is 0 Å². The monoisotopic (exact) mass is 162 g/mol. The summed E-state index contributed by atoms with van der Waals surface area (Å²) in [6.45, 7) is 3.31. The van der Waals surface area contributed by atoms with Crippen LogP contribution in [0.2, 0.25) is 0 Å². The first-order chi connectivity index (χ1) is 4.54. The van der Waals surface area contributed by atoms with Crippen LogP contribution in [0.5, 0.6) is 0 Å². The van der Waals surface area contributed by atoms with E-state index in [0.717, 1.165) is 0 Å². The summed E-state index contributed by atoms with van der Waals surface area (Å²) in [6, 6.07) is 0. The highest BCUT2D eigenvalue weighted by Crippen LogP contribution is 2.07. The maximum Gasteiger partial charge on any atom is 0.221 e. The Hall–Kier alpha value is -0.370. The van der Waals surface area contributed by atoms with Gasteiger partial charge in [0, 0.05) is 12.3 Å². The lowest BCUT2D eigenvalue weighted by Gasteiger charge is -2.02. The molecule has 1 atom stereocenters. The van der Waals surface area contributed by atoms with E-state index in [2.05, 4.69) is 0 Å². The van der Waals surface area contributed by atoms with Crippen LogP contribution >= 0.6 is 11.6 Å². The van der Waals surface area contributed by atoms with E-state index in [-0.39, 0.29) is 16.9 Å². The quantitative estimate of drug-likeness (QED) is 0.591. The van der Waals surface area contributed by atoms with Crippen molar-refractivity contribution in [1.29, 1.82) is 0 Å². The molecule has 0 N–H and O–H groups in total. The van der Waals surface area contributed by atoms with Gasteiger partial charge in [0.1, 0.15) is 5.78 Å². The first kappa shape index (κ1) is 9.63. The zero-order valence-corrected chi connectivity index (χ0v) is 6.94. The molecule has 0 amide bonds. The number of hydrogen-bond donors (Lipinski definition) is 0. The molecule has 0 heterocycles. The van der Waals surface area contributed by atoms with E-state index in [0.29, 0.717) is 12.8 Å². The highest BCUT2D eigenvalue weighted by Gasteiger charge is 2.08. The van der Waals surface area contributed by atoms with Gasteiger partial charge < -0.3 is 0 Å². The molecule has 0 aromatic rings. The van der Waals surface area contributed by atoms with E-state index < -0.39 is 0 Å². The summed E-state index contributed by atoms with van der Waals surface area (Å²) < 4.78 is 0. The van der Waals surface area contributed by atoms with Crippen LogP contribution in [0.4, 0.5) is 0 Å². The molecule has 0 spiro atoms. The Bertz CT molecular complexity index is 143. The van der Waals surface area contributed by atoms with Crippen molar-refractivity contribution in [3.63, 3.8) is 0 Å². The fourth-order valence-electron chi connectivity index (χ4n) is 0.533. The van der Waals surface area contributed by atoms with Crippen molar-refractivity contribution >= 4 is 22.6 Å². The predicted octanol–water partition coefficient (Wildman–Crippen LogP) is 1.76. The largest absolute Gasteiger partial charge is 0.300 e. The Morgan fingerprint density at radius 1 is 1.50 bits per heavy atom. The van der Waals surface area contributed by atoms with Crippen LogP contribution in [-0.4, -0.2) is 11.0 Å². The molecule has 0 saturated heterocycles. The average molecular weight is 163 g/mol. The summed E-state index contributed by atoms with van der Waals surface area (Å²) in [4.78, 5) is 20.8. The Kier molecular flexibility index (Phi) is 4.28. The molecule has 0 radical (unpaired) electrons. The molecule has 3 heteroatoms. The van der Waals surface area contributed by atoms with Gasteiger partial charge in [-0.25, -0.2) is 0 Å². The van der Waals surface area contributed by atoms with Gasteiger partial charge in [-0.15, -0.1) is 0 Å². The van der Waals surface area contributed by atoms with Crippen LogP contribution in [0.1, 0.15) is 26.7 Å². The molecule has 0 aliphatic heterocycles. The average Bonchev–Trinajstić information content (AvgIpc) is 1.82. The number of ketones is 1. The maximum atomic E-state index is 10.6. The Morgan fingerprint density at radius 3 is 2.30 bits per heavy atom. The van der Waals surface area contributed by atoms with Gasteiger partial charge in [0.2, 0.25) is 5.24 Å². The Labute approximate surface area is 65.6 Å². The molecule has 0 rings (SSSR count). The number of halogens is 1. The second-order valence-electron chi connectivity index (χ2n) is 2.41. The van der Waals surface area contributed by atoms with Crippen LogP contribution in [-0.2, 0) is 9.59 Å². The first-order valence-electron chi connectivity index (χ1n) is 3.23. The zero-order chi connectivity index (χ0) is 8.15. The van der Waals surface area contributed by atoms with Crippen molar-refractivity contribution in [2.75, 3.05) is 0 Å². The van der Waals surface area contributed by atoms with Gasteiger partial charge in [-0.3, -0.25) is 9.59 Å². The minimum absolute atomic E-state index is 0.0392. The summed E-state index contributed by atoms with van der Waals surface area (Å²) in [5, 5.41) is -0.367. The van der Waals surface area contributed by atoms with Gasteiger partial charge in [-0.2, -0.15) is 0 Å². The molecule has 2 nitrogen and oxygen atoms in total. The summed E-state index contributed by atoms with van der Waals surface area (Å²) in [7, 11) is 0. The molecule has 0 fully saturated rings. The molecule has 0 bridgehead atoms. The molecule has 0 aromatic carbocycles. The van der Waals surface area contributed by atoms with E-state index >= 15 is 0 Å². The minimum atomic E-state index is -0.367. The third kappa shape index (κ3) is 4.50. The Balaban J connectivity index is 3.49. The van der Waals surface area contributed by atoms with Crippen LogP contribution in [0.25, 0.3) is 0 Å². The summed E-state index contributed by atoms with van der Waals surface area (Å²) in [5.41, 5.74) is 0. The van der Waals surface area contributed by atoms with Crippen LogP contribution < -0.4 is 0 Å². The van der Waals surface area contributed by atoms with Crippen LogP contribution in [0, 0.1) is 5.92 Å². The van der Waals surface area contributed by atoms with E-state index in [4.69, 9.17) is 11.6 Å². The summed E-state index contributed by atoms with van der Waals surface area (Å²) >= 11 is 5.08. The van der Waals surface area contributed by atoms with Crippen molar-refractivity contribution in [3.05, 3.63) is 0 Å². The minimum Gasteiger partial charge on any atom is -0.300 e. The number of rotatable bonds is 4. The van der Waals surface area contributed by atoms with Crippen molar-refractivity contribution in [2.24, 2.45) is 5.92 Å². The molecule has 10 heavy (non-hydrogen) atoms. The summed E-state index contributed by atoms with van der Waals surface area (Å²) in [5.74, 6) is 0.0700. The van der Waals surface area contributed by atoms with Crippen molar-refractivity contribution < 1.29 is 9.59 Å². The van der Waals surface area contributed by atoms with Crippen molar-refractivity contribution in [1.82, 2.24) is 0 Å². The number of carbonyl (C=O) groups is 2. The SMILES string of the molecule is CC(=O)C(C)CCC(=O)Cl. The van der Waals surface area contributed by atoms with Crippen molar-refractivity contribution in [3.8, 4) is 0 Å². The lowest BCUT2D eigenvalue weighted by molar-refractivity contribution is -0.120. The zero-order valence-electron chi connectivity index (χ0n) is 6.19. The highest BCUT2D eigenvalue weighted by atomic mass is 35.5. The van der Waals surface area contributed by atoms with Gasteiger partial charge in [0.05, 0.1) is 0 Å². The maximum absolute atomic E-state index is 10.6. The van der Waals surface area contributed by atoms with E-state index in [1.54, 1.807) is 6.92 Å². The third-order valence-corrected chi connectivity index (χ3v) is 1.66. The molecule has 0 aliphatic rings. The lowest BCUT2D eigenvalue weighted by Crippen LogP contribution is -2.06. The molecule has 0 aromatic heterocycles. The van der Waals surface area contributed by atoms with E-state index in [1.165, 1.54) is 6.92 Å². The third-order valence-electron chi connectivity index (χ3n) is 1.47. The van der Waals surface area contributed by atoms with Gasteiger partial charge in [0.15, 0.2) is 0 Å². The standard InChI is InChI=1S/C7H11ClO2/c1-5(6(2)9)3-4-7(8)10/h5H,3-4H2,1-2H3. The molecular weight excluding hydrogens is 152 g/mol. The second kappa shape index (κ2) is 4.45. The smallest absolute Gasteiger partial charge is 0.221 e. The molecule has 1 unspecified atom stereocenters. The van der Waals surface area contributed by atoms with Crippen LogP contribution in [0.15, 0.2) is 0 Å². The fraction of sp³-hybridized carbons (Fsp3) is 0.714. The molecule has 0 saturated carbocycles. The molecular formula is C7H11ClO2. The van der Waals surface area contributed by atoms with Gasteiger partial charge >= 0.3 is 0 Å². The highest BCUT2D eigenvalue weighted by molar-refractivity contribution is 6.63. The lowest BCUT2D eigenvalue weighted by atomic mass is 10.0. The molecule has 58 valence electrons. The topological polar surface area (TPSA) is 34.1 Å². The number of hydrogen-bond acceptors (Lipinski definition) is 2. The van der Waals surface area contributed by atoms with Crippen LogP contribution in [0.3, 0.4) is 0 Å². The van der Waals surface area contributed by atoms with Crippen molar-refractivity contribution in [2.45, 2.75) is 26.7 Å². The predicted molar refractivity (Wildman–Crippen MR) is 39.9 cm³/mol.